The number of ether oxygens (including phenoxy) is 1. The van der Waals surface area contributed by atoms with Gasteiger partial charge in [0, 0.05) is 35.4 Å². The van der Waals surface area contributed by atoms with E-state index in [1.165, 1.54) is 11.1 Å². The van der Waals surface area contributed by atoms with E-state index in [2.05, 4.69) is 72.0 Å². The number of fused-ring (bicyclic) bond motifs is 5. The van der Waals surface area contributed by atoms with Crippen molar-refractivity contribution in [3.63, 3.8) is 0 Å². The number of epoxide rings is 1. The lowest BCUT2D eigenvalue weighted by Gasteiger charge is -2.68. The van der Waals surface area contributed by atoms with Crippen LogP contribution >= 0.6 is 0 Å². The van der Waals surface area contributed by atoms with Gasteiger partial charge in [0.15, 0.2) is 5.78 Å². The lowest BCUT2D eigenvalue weighted by molar-refractivity contribution is -0.183. The van der Waals surface area contributed by atoms with Gasteiger partial charge < -0.3 is 26.0 Å². The Morgan fingerprint density at radius 3 is 2.45 bits per heavy atom. The molecule has 0 amide bonds. The van der Waals surface area contributed by atoms with Gasteiger partial charge in [-0.2, -0.15) is 0 Å². The molecular formula is C48H66N2O5. The fraction of sp³-hybridized carbons (Fsp3) is 0.667. The van der Waals surface area contributed by atoms with Gasteiger partial charge in [-0.3, -0.25) is 9.59 Å². The smallest absolute Gasteiger partial charge is 0.159 e. The highest BCUT2D eigenvalue weighted by Crippen LogP contribution is 2.75. The quantitative estimate of drug-likeness (QED) is 0.149. The molecule has 1 heterocycles. The van der Waals surface area contributed by atoms with E-state index in [0.717, 1.165) is 73.8 Å². The molecule has 0 spiro atoms. The normalized spacial score (nSPS) is 40.4. The van der Waals surface area contributed by atoms with Gasteiger partial charge in [-0.05, 0) is 152 Å². The average Bonchev–Trinajstić information content (AvgIpc) is 3.42. The third-order valence-corrected chi connectivity index (χ3v) is 17.2. The van der Waals surface area contributed by atoms with E-state index in [1.807, 2.05) is 25.2 Å². The van der Waals surface area contributed by atoms with Crippen molar-refractivity contribution < 1.29 is 24.5 Å². The van der Waals surface area contributed by atoms with E-state index in [0.29, 0.717) is 37.1 Å². The van der Waals surface area contributed by atoms with Crippen LogP contribution in [0, 0.1) is 45.3 Å². The lowest BCUT2D eigenvalue weighted by Crippen LogP contribution is -2.63. The van der Waals surface area contributed by atoms with Crippen LogP contribution in [0.3, 0.4) is 0 Å². The third-order valence-electron chi connectivity index (χ3n) is 17.2. The van der Waals surface area contributed by atoms with Gasteiger partial charge in [-0.15, -0.1) is 0 Å². The maximum Gasteiger partial charge on any atom is 0.159 e. The third kappa shape index (κ3) is 5.82. The van der Waals surface area contributed by atoms with Crippen LogP contribution in [-0.4, -0.2) is 46.6 Å². The van der Waals surface area contributed by atoms with Crippen molar-refractivity contribution in [1.29, 1.82) is 0 Å². The summed E-state index contributed by atoms with van der Waals surface area (Å²) >= 11 is 0. The number of aliphatic hydroxyl groups excluding tert-OH is 1. The minimum atomic E-state index is -0.638. The summed E-state index contributed by atoms with van der Waals surface area (Å²) in [5, 5.41) is 25.7. The molecule has 8 rings (SSSR count). The first kappa shape index (κ1) is 38.9. The highest BCUT2D eigenvalue weighted by molar-refractivity contribution is 6.00. The molecule has 1 aliphatic heterocycles. The van der Waals surface area contributed by atoms with Crippen molar-refractivity contribution >= 4 is 17.3 Å². The minimum Gasteiger partial charge on any atom is -0.508 e. The van der Waals surface area contributed by atoms with Gasteiger partial charge in [0.05, 0.1) is 11.7 Å². The Hall–Kier alpha value is -3.00. The number of nitrogens with two attached hydrogens (primary N) is 1. The van der Waals surface area contributed by atoms with Crippen LogP contribution in [0.4, 0.5) is 5.69 Å². The van der Waals surface area contributed by atoms with E-state index in [-0.39, 0.29) is 63.0 Å². The second kappa shape index (κ2) is 13.3. The van der Waals surface area contributed by atoms with E-state index in [9.17, 15) is 19.8 Å². The number of carbonyl (C=O) groups excluding carboxylic acids is 2. The molecule has 4 saturated carbocycles. The first-order chi connectivity index (χ1) is 25.9. The number of carbonyl (C=O) groups is 2. The number of phenols is 1. The summed E-state index contributed by atoms with van der Waals surface area (Å²) in [5.74, 6) is 1.73. The van der Waals surface area contributed by atoms with Crippen LogP contribution in [0.5, 0.6) is 5.75 Å². The molecule has 6 aliphatic rings. The zero-order valence-electron chi connectivity index (χ0n) is 34.6. The fourth-order valence-electron chi connectivity index (χ4n) is 14.6. The Morgan fingerprint density at radius 1 is 0.964 bits per heavy atom. The average molecular weight is 751 g/mol. The molecule has 7 nitrogen and oxygen atoms in total. The number of nitrogen functional groups attached to an aromatic ring is 1. The van der Waals surface area contributed by atoms with E-state index in [1.54, 1.807) is 6.07 Å². The summed E-state index contributed by atoms with van der Waals surface area (Å²) in [6.45, 7) is 16.6. The fourth-order valence-corrected chi connectivity index (χ4v) is 14.6. The molecule has 2 aromatic carbocycles. The van der Waals surface area contributed by atoms with Crippen LogP contribution in [0.1, 0.15) is 141 Å². The zero-order valence-corrected chi connectivity index (χ0v) is 34.6. The predicted octanol–water partition coefficient (Wildman–Crippen LogP) is 9.01. The second-order valence-corrected chi connectivity index (χ2v) is 20.5. The van der Waals surface area contributed by atoms with E-state index >= 15 is 0 Å². The predicted molar refractivity (Wildman–Crippen MR) is 217 cm³/mol. The minimum absolute atomic E-state index is 0.0543. The number of phenolic OH excluding ortho intramolecular Hbond substituents is 1. The number of Topliss-reactive ketones (excluding diaryl/α,β-unsaturated/α-hetero) is 2. The first-order valence-electron chi connectivity index (χ1n) is 21.4. The Kier molecular flexibility index (Phi) is 9.38. The molecule has 5 aliphatic carbocycles. The second-order valence-electron chi connectivity index (χ2n) is 20.5. The number of rotatable bonds is 9. The highest BCUT2D eigenvalue weighted by atomic mass is 16.6. The Labute approximate surface area is 329 Å². The first-order valence-corrected chi connectivity index (χ1v) is 21.4. The summed E-state index contributed by atoms with van der Waals surface area (Å²) < 4.78 is 6.46. The molecule has 2 aromatic rings. The van der Waals surface area contributed by atoms with E-state index in [4.69, 9.17) is 10.5 Å². The molecule has 12 atom stereocenters. The van der Waals surface area contributed by atoms with Crippen molar-refractivity contribution in [3.05, 3.63) is 70.3 Å². The van der Waals surface area contributed by atoms with Gasteiger partial charge in [0.2, 0.25) is 0 Å². The number of anilines is 1. The molecule has 5 fully saturated rings. The number of aliphatic hydroxyl groups is 1. The Balaban J connectivity index is 1.04. The largest absolute Gasteiger partial charge is 0.508 e. The van der Waals surface area contributed by atoms with Crippen LogP contribution in [0.15, 0.2) is 53.6 Å². The van der Waals surface area contributed by atoms with E-state index < -0.39 is 11.5 Å². The van der Waals surface area contributed by atoms with Gasteiger partial charge in [0.25, 0.3) is 0 Å². The number of nitrogens with one attached hydrogen (secondary N) is 1. The monoisotopic (exact) mass is 750 g/mol. The van der Waals surface area contributed by atoms with Gasteiger partial charge >= 0.3 is 0 Å². The van der Waals surface area contributed by atoms with Crippen molar-refractivity contribution in [2.24, 2.45) is 45.3 Å². The number of hydrogen-bond acceptors (Lipinski definition) is 7. The van der Waals surface area contributed by atoms with Gasteiger partial charge in [-0.25, -0.2) is 0 Å². The van der Waals surface area contributed by atoms with Crippen molar-refractivity contribution in [1.82, 2.24) is 5.32 Å². The summed E-state index contributed by atoms with van der Waals surface area (Å²) in [5.41, 5.74) is 11.1. The molecule has 7 heteroatoms. The van der Waals surface area contributed by atoms with Crippen LogP contribution in [0.25, 0.3) is 0 Å². The van der Waals surface area contributed by atoms with Gasteiger partial charge in [-0.1, -0.05) is 71.7 Å². The molecular weight excluding hydrogens is 685 g/mol. The molecule has 0 aromatic heterocycles. The number of ketones is 2. The van der Waals surface area contributed by atoms with Crippen molar-refractivity contribution in [3.8, 4) is 5.75 Å². The molecule has 0 bridgehead atoms. The van der Waals surface area contributed by atoms with Crippen LogP contribution in [0.2, 0.25) is 0 Å². The molecule has 5 N–H and O–H groups in total. The maximum absolute atomic E-state index is 14.4. The Morgan fingerprint density at radius 2 is 1.73 bits per heavy atom. The van der Waals surface area contributed by atoms with Gasteiger partial charge in [0.1, 0.15) is 17.6 Å². The summed E-state index contributed by atoms with van der Waals surface area (Å²) in [6.07, 6.45) is 8.13. The lowest BCUT2D eigenvalue weighted by atomic mass is 9.35. The van der Waals surface area contributed by atoms with Crippen molar-refractivity contribution in [2.75, 3.05) is 12.8 Å². The molecule has 55 heavy (non-hydrogen) atoms. The molecule has 1 saturated heterocycles. The topological polar surface area (TPSA) is 125 Å². The summed E-state index contributed by atoms with van der Waals surface area (Å²) in [6, 6.07) is 14.0. The summed E-state index contributed by atoms with van der Waals surface area (Å²) in [7, 11) is 1.90. The Bertz CT molecular complexity index is 1920. The number of aromatic hydroxyl groups is 1. The van der Waals surface area contributed by atoms with Crippen LogP contribution in [-0.2, 0) is 20.9 Å². The number of hydrogen-bond donors (Lipinski definition) is 4. The summed E-state index contributed by atoms with van der Waals surface area (Å²) in [4.78, 5) is 28.8. The highest BCUT2D eigenvalue weighted by Gasteiger charge is 2.69. The number of allylic oxidation sites excluding steroid dienone is 2. The number of benzene rings is 2. The molecule has 298 valence electrons. The molecule has 0 unspecified atom stereocenters. The molecule has 0 radical (unpaired) electrons. The standard InChI is InChI=1S/C48H66N2O5/c1-27(19-37(52)43-48(7,55-43)35-14-10-13-33(35)29-11-9-12-31(49)22-29)41-36-15-16-40-45(4)24-34(30-20-28(26-50-8)21-32(51)23-30)42(54)44(2,3)39(45)17-18-46(40,5)47(36,6)25-38(41)53/h9,11-12,20-23,27,33-35,37,39-40,43,50-52H,10,13-19,24-26,49H2,1-8H3/t27-,33+,34+,35+,37-,39-,40+,43+,45-,46+,47+,48-/m1/s1. The maximum atomic E-state index is 14.4. The van der Waals surface area contributed by atoms with Crippen molar-refractivity contribution in [2.45, 2.75) is 149 Å². The zero-order chi connectivity index (χ0) is 39.5. The SMILES string of the molecule is CNCc1cc(O)cc([C@@H]2C[C@]3(C)[C@H](CC[C@@]4(C)[C@H]3CCC3=C([C@H](C)C[C@@H](O)[C@@H]5O[C@]5(C)[C@H]5CCC[C@H]5c5cccc(N)c5)C(=O)C[C@@]34C)C(C)(C)C2=O)c1. The van der Waals surface area contributed by atoms with Crippen LogP contribution < -0.4 is 11.1 Å².